The number of hydrogen-bond donors (Lipinski definition) is 1. The Bertz CT molecular complexity index is 271. The fraction of sp³-hybridized carbons (Fsp3) is 1.00. The molecule has 3 nitrogen and oxygen atoms in total. The lowest BCUT2D eigenvalue weighted by Gasteiger charge is -2.44. The average molecular weight is 281 g/mol. The van der Waals surface area contributed by atoms with E-state index in [-0.39, 0.29) is 0 Å². The molecule has 0 aromatic rings. The summed E-state index contributed by atoms with van der Waals surface area (Å²) < 4.78 is 0. The van der Waals surface area contributed by atoms with Crippen molar-refractivity contribution in [3.8, 4) is 0 Å². The summed E-state index contributed by atoms with van der Waals surface area (Å²) in [6.07, 6.45) is 5.41. The normalized spacial score (nSPS) is 31.1. The molecule has 2 rings (SSSR count). The summed E-state index contributed by atoms with van der Waals surface area (Å²) in [5.74, 6) is 1.68. The molecule has 0 aromatic heterocycles. The van der Waals surface area contributed by atoms with Crippen molar-refractivity contribution in [2.24, 2.45) is 11.8 Å². The summed E-state index contributed by atoms with van der Waals surface area (Å²) in [6, 6.07) is 1.46. The Kier molecular flexibility index (Phi) is 6.31. The fourth-order valence-electron chi connectivity index (χ4n) is 3.88. The Morgan fingerprint density at radius 2 is 1.90 bits per heavy atom. The molecule has 2 atom stereocenters. The highest BCUT2D eigenvalue weighted by molar-refractivity contribution is 4.89. The van der Waals surface area contributed by atoms with Crippen LogP contribution in [0.1, 0.15) is 46.5 Å². The van der Waals surface area contributed by atoms with Crippen LogP contribution >= 0.6 is 0 Å². The zero-order chi connectivity index (χ0) is 14.5. The van der Waals surface area contributed by atoms with Gasteiger partial charge in [-0.15, -0.1) is 0 Å². The van der Waals surface area contributed by atoms with Crippen molar-refractivity contribution in [2.45, 2.75) is 58.5 Å². The largest absolute Gasteiger partial charge is 0.311 e. The predicted octanol–water partition coefficient (Wildman–Crippen LogP) is 2.43. The standard InChI is InChI=1S/C17H35N3/c1-5-6-16-13-20(17(11-18-16)14(2)3)12-15-7-9-19(4)10-8-15/h14-18H,5-13H2,1-4H3. The van der Waals surface area contributed by atoms with Gasteiger partial charge >= 0.3 is 0 Å². The molecule has 0 saturated carbocycles. The van der Waals surface area contributed by atoms with Crippen LogP contribution in [-0.4, -0.2) is 61.7 Å². The topological polar surface area (TPSA) is 18.5 Å². The quantitative estimate of drug-likeness (QED) is 0.835. The van der Waals surface area contributed by atoms with Gasteiger partial charge < -0.3 is 10.2 Å². The molecule has 0 bridgehead atoms. The fourth-order valence-corrected chi connectivity index (χ4v) is 3.88. The molecule has 3 heteroatoms. The second-order valence-corrected chi connectivity index (χ2v) is 7.41. The maximum absolute atomic E-state index is 3.78. The first-order chi connectivity index (χ1) is 9.60. The van der Waals surface area contributed by atoms with Crippen LogP contribution in [0.5, 0.6) is 0 Å². The Morgan fingerprint density at radius 3 is 2.50 bits per heavy atom. The first-order valence-electron chi connectivity index (χ1n) is 8.76. The Balaban J connectivity index is 1.89. The molecule has 2 aliphatic rings. The van der Waals surface area contributed by atoms with Crippen LogP contribution in [0.2, 0.25) is 0 Å². The van der Waals surface area contributed by atoms with Crippen molar-refractivity contribution in [1.82, 2.24) is 15.1 Å². The van der Waals surface area contributed by atoms with Gasteiger partial charge in [-0.05, 0) is 51.2 Å². The molecule has 0 spiro atoms. The number of piperidine rings is 1. The molecule has 2 unspecified atom stereocenters. The van der Waals surface area contributed by atoms with E-state index in [4.69, 9.17) is 0 Å². The number of rotatable bonds is 5. The van der Waals surface area contributed by atoms with Crippen molar-refractivity contribution in [3.05, 3.63) is 0 Å². The van der Waals surface area contributed by atoms with Crippen LogP contribution in [-0.2, 0) is 0 Å². The molecule has 0 amide bonds. The van der Waals surface area contributed by atoms with Crippen LogP contribution in [0.25, 0.3) is 0 Å². The number of piperazine rings is 1. The monoisotopic (exact) mass is 281 g/mol. The maximum atomic E-state index is 3.78. The Morgan fingerprint density at radius 1 is 1.20 bits per heavy atom. The molecule has 2 heterocycles. The van der Waals surface area contributed by atoms with Gasteiger partial charge in [0.1, 0.15) is 0 Å². The molecule has 1 N–H and O–H groups in total. The third-order valence-corrected chi connectivity index (χ3v) is 5.28. The smallest absolute Gasteiger partial charge is 0.0244 e. The number of hydrogen-bond acceptors (Lipinski definition) is 3. The molecular formula is C17H35N3. The van der Waals surface area contributed by atoms with E-state index in [1.54, 1.807) is 0 Å². The van der Waals surface area contributed by atoms with Gasteiger partial charge in [0.2, 0.25) is 0 Å². The first-order valence-corrected chi connectivity index (χ1v) is 8.76. The van der Waals surface area contributed by atoms with Crippen molar-refractivity contribution >= 4 is 0 Å². The van der Waals surface area contributed by atoms with E-state index in [1.165, 1.54) is 58.4 Å². The van der Waals surface area contributed by atoms with Crippen molar-refractivity contribution < 1.29 is 0 Å². The van der Waals surface area contributed by atoms with E-state index in [0.29, 0.717) is 0 Å². The lowest BCUT2D eigenvalue weighted by molar-refractivity contribution is 0.0648. The number of nitrogens with one attached hydrogen (secondary N) is 1. The van der Waals surface area contributed by atoms with Crippen molar-refractivity contribution in [1.29, 1.82) is 0 Å². The third kappa shape index (κ3) is 4.44. The lowest BCUT2D eigenvalue weighted by Crippen LogP contribution is -2.59. The summed E-state index contributed by atoms with van der Waals surface area (Å²) >= 11 is 0. The molecule has 0 aliphatic carbocycles. The summed E-state index contributed by atoms with van der Waals surface area (Å²) in [4.78, 5) is 5.30. The van der Waals surface area contributed by atoms with Crippen LogP contribution < -0.4 is 5.32 Å². The number of nitrogens with zero attached hydrogens (tertiary/aromatic N) is 2. The highest BCUT2D eigenvalue weighted by Gasteiger charge is 2.31. The molecule has 2 saturated heterocycles. The number of likely N-dealkylation sites (tertiary alicyclic amines) is 1. The second-order valence-electron chi connectivity index (χ2n) is 7.41. The maximum Gasteiger partial charge on any atom is 0.0244 e. The van der Waals surface area contributed by atoms with E-state index < -0.39 is 0 Å². The van der Waals surface area contributed by atoms with Crippen LogP contribution in [0.4, 0.5) is 0 Å². The summed E-state index contributed by atoms with van der Waals surface area (Å²) in [5, 5.41) is 3.78. The molecule has 0 radical (unpaired) electrons. The van der Waals surface area contributed by atoms with Gasteiger partial charge in [-0.2, -0.15) is 0 Å². The minimum atomic E-state index is 0.723. The lowest BCUT2D eigenvalue weighted by atomic mass is 9.92. The van der Waals surface area contributed by atoms with Crippen LogP contribution in [0.15, 0.2) is 0 Å². The van der Waals surface area contributed by atoms with Gasteiger partial charge in [-0.1, -0.05) is 27.2 Å². The van der Waals surface area contributed by atoms with Crippen LogP contribution in [0, 0.1) is 11.8 Å². The zero-order valence-electron chi connectivity index (χ0n) is 14.1. The average Bonchev–Trinajstić information content (AvgIpc) is 2.42. The van der Waals surface area contributed by atoms with E-state index >= 15 is 0 Å². The molecular weight excluding hydrogens is 246 g/mol. The summed E-state index contributed by atoms with van der Waals surface area (Å²) in [5.41, 5.74) is 0. The van der Waals surface area contributed by atoms with Crippen LogP contribution in [0.3, 0.4) is 0 Å². The van der Waals surface area contributed by atoms with Gasteiger partial charge in [0.15, 0.2) is 0 Å². The van der Waals surface area contributed by atoms with Gasteiger partial charge in [0, 0.05) is 31.7 Å². The van der Waals surface area contributed by atoms with Crippen molar-refractivity contribution in [2.75, 3.05) is 39.8 Å². The SMILES string of the molecule is CCCC1CN(CC2CCN(C)CC2)C(C(C)C)CN1. The third-order valence-electron chi connectivity index (χ3n) is 5.28. The van der Waals surface area contributed by atoms with Gasteiger partial charge in [0.05, 0.1) is 0 Å². The minimum absolute atomic E-state index is 0.723. The zero-order valence-corrected chi connectivity index (χ0v) is 14.1. The minimum Gasteiger partial charge on any atom is -0.311 e. The summed E-state index contributed by atoms with van der Waals surface area (Å²) in [6.45, 7) is 13.4. The highest BCUT2D eigenvalue weighted by Crippen LogP contribution is 2.23. The predicted molar refractivity (Wildman–Crippen MR) is 87.1 cm³/mol. The first kappa shape index (κ1) is 16.3. The molecule has 2 aliphatic heterocycles. The molecule has 2 fully saturated rings. The highest BCUT2D eigenvalue weighted by atomic mass is 15.2. The van der Waals surface area contributed by atoms with E-state index in [0.717, 1.165) is 23.9 Å². The second kappa shape index (κ2) is 7.77. The molecule has 0 aromatic carbocycles. The van der Waals surface area contributed by atoms with Gasteiger partial charge in [0.25, 0.3) is 0 Å². The van der Waals surface area contributed by atoms with Gasteiger partial charge in [-0.25, -0.2) is 0 Å². The van der Waals surface area contributed by atoms with E-state index in [1.807, 2.05) is 0 Å². The molecule has 118 valence electrons. The van der Waals surface area contributed by atoms with E-state index in [2.05, 4.69) is 42.9 Å². The summed E-state index contributed by atoms with van der Waals surface area (Å²) in [7, 11) is 2.26. The van der Waals surface area contributed by atoms with Gasteiger partial charge in [-0.3, -0.25) is 4.90 Å². The van der Waals surface area contributed by atoms with E-state index in [9.17, 15) is 0 Å². The van der Waals surface area contributed by atoms with Crippen molar-refractivity contribution in [3.63, 3.8) is 0 Å². The Labute approximate surface area is 126 Å². The Hall–Kier alpha value is -0.120. The molecule has 20 heavy (non-hydrogen) atoms.